The lowest BCUT2D eigenvalue weighted by atomic mass is 9.80. The minimum absolute atomic E-state index is 0.0640. The van der Waals surface area contributed by atoms with Gasteiger partial charge < -0.3 is 19.9 Å². The third-order valence-corrected chi connectivity index (χ3v) is 6.88. The summed E-state index contributed by atoms with van der Waals surface area (Å²) >= 11 is 9.96. The number of nitrogens with zero attached hydrogens (tertiary/aromatic N) is 1. The molecule has 0 aliphatic carbocycles. The van der Waals surface area contributed by atoms with Gasteiger partial charge in [0, 0.05) is 44.7 Å². The third-order valence-electron chi connectivity index (χ3n) is 6.15. The summed E-state index contributed by atoms with van der Waals surface area (Å²) in [5.41, 5.74) is 3.83. The number of hydrogen-bond donors (Lipinski definition) is 2. The second-order valence-electron chi connectivity index (χ2n) is 9.36. The zero-order valence-corrected chi connectivity index (χ0v) is 20.0. The average molecular weight is 503 g/mol. The van der Waals surface area contributed by atoms with Crippen molar-refractivity contribution < 1.29 is 9.53 Å². The minimum atomic E-state index is -0.540. The molecule has 31 heavy (non-hydrogen) atoms. The number of carbonyl (C=O) groups is 1. The molecule has 0 spiro atoms. The van der Waals surface area contributed by atoms with Crippen LogP contribution in [0.3, 0.4) is 0 Å². The van der Waals surface area contributed by atoms with Crippen LogP contribution in [0.25, 0.3) is 10.9 Å². The molecule has 7 heteroatoms. The summed E-state index contributed by atoms with van der Waals surface area (Å²) in [5, 5.41) is 5.60. The van der Waals surface area contributed by atoms with Crippen LogP contribution in [0.2, 0.25) is 5.02 Å². The monoisotopic (exact) mass is 501 g/mol. The number of halogens is 2. The number of amides is 1. The Kier molecular flexibility index (Phi) is 4.98. The summed E-state index contributed by atoms with van der Waals surface area (Å²) in [4.78, 5) is 18.4. The Morgan fingerprint density at radius 1 is 1.19 bits per heavy atom. The molecule has 162 valence electrons. The number of anilines is 1. The van der Waals surface area contributed by atoms with Crippen molar-refractivity contribution in [3.63, 3.8) is 0 Å². The molecule has 0 bridgehead atoms. The van der Waals surface area contributed by atoms with Crippen LogP contribution in [-0.4, -0.2) is 28.1 Å². The normalized spacial score (nSPS) is 22.7. The quantitative estimate of drug-likeness (QED) is 0.375. The molecular formula is C24H25BrClN3O2. The Hall–Kier alpha value is -2.18. The standard InChI is InChI=1S/C24H25BrClN3O2/c1-24(2,3)31-23(30)29-9-8-15-21(18-12-27-19-6-4-13(25)10-16(18)19)28-20-7-5-14(26)11-17(20)22(15)29/h4-7,10-12,15,21-22,27-28H,8-9H2,1-3H3/t15-,21-,22-/m0/s1. The van der Waals surface area contributed by atoms with E-state index in [2.05, 4.69) is 44.6 Å². The highest BCUT2D eigenvalue weighted by molar-refractivity contribution is 9.10. The molecule has 0 saturated carbocycles. The number of rotatable bonds is 1. The first-order valence-electron chi connectivity index (χ1n) is 10.5. The molecule has 3 atom stereocenters. The van der Waals surface area contributed by atoms with Crippen LogP contribution in [0.1, 0.15) is 50.4 Å². The van der Waals surface area contributed by atoms with Crippen molar-refractivity contribution in [1.29, 1.82) is 0 Å². The van der Waals surface area contributed by atoms with E-state index in [4.69, 9.17) is 16.3 Å². The van der Waals surface area contributed by atoms with E-state index < -0.39 is 5.60 Å². The van der Waals surface area contributed by atoms with Gasteiger partial charge in [-0.1, -0.05) is 27.5 Å². The lowest BCUT2D eigenvalue weighted by molar-refractivity contribution is 0.0198. The lowest BCUT2D eigenvalue weighted by Crippen LogP contribution is -2.40. The second kappa shape index (κ2) is 7.45. The van der Waals surface area contributed by atoms with Gasteiger partial charge in [-0.3, -0.25) is 0 Å². The predicted octanol–water partition coefficient (Wildman–Crippen LogP) is 7.05. The average Bonchev–Trinajstić information content (AvgIpc) is 3.30. The maximum atomic E-state index is 13.1. The van der Waals surface area contributed by atoms with Crippen LogP contribution >= 0.6 is 27.5 Å². The molecule has 1 amide bonds. The van der Waals surface area contributed by atoms with Crippen molar-refractivity contribution in [3.8, 4) is 0 Å². The number of benzene rings is 2. The van der Waals surface area contributed by atoms with E-state index in [1.807, 2.05) is 49.9 Å². The summed E-state index contributed by atoms with van der Waals surface area (Å²) in [6, 6.07) is 12.1. The molecule has 2 aliphatic heterocycles. The Morgan fingerprint density at radius 2 is 2.00 bits per heavy atom. The van der Waals surface area contributed by atoms with Crippen LogP contribution in [0.4, 0.5) is 10.5 Å². The number of aromatic nitrogens is 1. The highest BCUT2D eigenvalue weighted by atomic mass is 79.9. The topological polar surface area (TPSA) is 57.4 Å². The van der Waals surface area contributed by atoms with Crippen LogP contribution in [0.5, 0.6) is 0 Å². The fraction of sp³-hybridized carbons (Fsp3) is 0.375. The van der Waals surface area contributed by atoms with Gasteiger partial charge in [-0.2, -0.15) is 0 Å². The SMILES string of the molecule is CC(C)(C)OC(=O)N1CC[C@H]2[C@@H](c3c[nH]c4ccc(Br)cc34)Nc3ccc(Cl)cc3[C@H]21. The van der Waals surface area contributed by atoms with Crippen molar-refractivity contribution >= 4 is 50.2 Å². The van der Waals surface area contributed by atoms with Gasteiger partial charge >= 0.3 is 6.09 Å². The van der Waals surface area contributed by atoms with Gasteiger partial charge in [0.1, 0.15) is 5.60 Å². The Balaban J connectivity index is 1.60. The fourth-order valence-electron chi connectivity index (χ4n) is 4.95. The minimum Gasteiger partial charge on any atom is -0.444 e. The maximum Gasteiger partial charge on any atom is 0.410 e. The van der Waals surface area contributed by atoms with Gasteiger partial charge in [-0.25, -0.2) is 4.79 Å². The zero-order valence-electron chi connectivity index (χ0n) is 17.7. The largest absolute Gasteiger partial charge is 0.444 e. The first kappa shape index (κ1) is 20.7. The lowest BCUT2D eigenvalue weighted by Gasteiger charge is -2.40. The molecular weight excluding hydrogens is 478 g/mol. The predicted molar refractivity (Wildman–Crippen MR) is 128 cm³/mol. The van der Waals surface area contributed by atoms with Gasteiger partial charge in [0.05, 0.1) is 12.1 Å². The Bertz CT molecular complexity index is 1170. The van der Waals surface area contributed by atoms with Crippen LogP contribution in [0, 0.1) is 5.92 Å². The highest BCUT2D eigenvalue weighted by Crippen LogP contribution is 2.52. The fourth-order valence-corrected chi connectivity index (χ4v) is 5.50. The van der Waals surface area contributed by atoms with Crippen LogP contribution in [0.15, 0.2) is 47.1 Å². The van der Waals surface area contributed by atoms with E-state index in [-0.39, 0.29) is 24.1 Å². The zero-order chi connectivity index (χ0) is 21.9. The molecule has 0 radical (unpaired) electrons. The second-order valence-corrected chi connectivity index (χ2v) is 10.7. The van der Waals surface area contributed by atoms with Crippen LogP contribution < -0.4 is 5.32 Å². The van der Waals surface area contributed by atoms with Gasteiger partial charge in [0.25, 0.3) is 0 Å². The maximum absolute atomic E-state index is 13.1. The van der Waals surface area contributed by atoms with E-state index in [9.17, 15) is 4.79 Å². The number of likely N-dealkylation sites (tertiary alicyclic amines) is 1. The number of carbonyl (C=O) groups excluding carboxylic acids is 1. The number of fused-ring (bicyclic) bond motifs is 4. The summed E-state index contributed by atoms with van der Waals surface area (Å²) in [6.45, 7) is 6.36. The third kappa shape index (κ3) is 3.70. The van der Waals surface area contributed by atoms with Crippen molar-refractivity contribution in [2.75, 3.05) is 11.9 Å². The molecule has 2 aliphatic rings. The van der Waals surface area contributed by atoms with Crippen molar-refractivity contribution in [2.24, 2.45) is 5.92 Å². The summed E-state index contributed by atoms with van der Waals surface area (Å²) in [5.74, 6) is 0.205. The smallest absolute Gasteiger partial charge is 0.410 e. The van der Waals surface area contributed by atoms with Gasteiger partial charge in [-0.05, 0) is 74.7 Å². The van der Waals surface area contributed by atoms with Gasteiger partial charge in [0.15, 0.2) is 0 Å². The Labute approximate surface area is 195 Å². The van der Waals surface area contributed by atoms with E-state index in [0.29, 0.717) is 11.6 Å². The molecule has 2 N–H and O–H groups in total. The molecule has 5 nitrogen and oxygen atoms in total. The molecule has 5 rings (SSSR count). The van der Waals surface area contributed by atoms with E-state index in [0.717, 1.165) is 27.7 Å². The number of hydrogen-bond acceptors (Lipinski definition) is 3. The number of aromatic amines is 1. The summed E-state index contributed by atoms with van der Waals surface area (Å²) in [7, 11) is 0. The van der Waals surface area contributed by atoms with E-state index >= 15 is 0 Å². The van der Waals surface area contributed by atoms with Crippen molar-refractivity contribution in [1.82, 2.24) is 9.88 Å². The van der Waals surface area contributed by atoms with Crippen LogP contribution in [-0.2, 0) is 4.74 Å². The van der Waals surface area contributed by atoms with Crippen molar-refractivity contribution in [3.05, 3.63) is 63.2 Å². The molecule has 1 fully saturated rings. The molecule has 3 aromatic rings. The molecule has 1 aromatic heterocycles. The number of nitrogens with one attached hydrogen (secondary N) is 2. The molecule has 2 aromatic carbocycles. The first-order chi connectivity index (χ1) is 14.7. The molecule has 3 heterocycles. The Morgan fingerprint density at radius 3 is 2.77 bits per heavy atom. The summed E-state index contributed by atoms with van der Waals surface area (Å²) < 4.78 is 6.79. The number of ether oxygens (including phenoxy) is 1. The van der Waals surface area contributed by atoms with E-state index in [1.54, 1.807) is 0 Å². The first-order valence-corrected chi connectivity index (χ1v) is 11.7. The summed E-state index contributed by atoms with van der Waals surface area (Å²) in [6.07, 6.45) is 2.70. The van der Waals surface area contributed by atoms with Gasteiger partial charge in [0.2, 0.25) is 0 Å². The number of H-pyrrole nitrogens is 1. The van der Waals surface area contributed by atoms with Crippen molar-refractivity contribution in [2.45, 2.75) is 44.9 Å². The van der Waals surface area contributed by atoms with Gasteiger partial charge in [-0.15, -0.1) is 0 Å². The molecule has 1 saturated heterocycles. The molecule has 0 unspecified atom stereocenters. The van der Waals surface area contributed by atoms with E-state index in [1.165, 1.54) is 10.9 Å². The highest BCUT2D eigenvalue weighted by Gasteiger charge is 2.48.